The maximum Gasteiger partial charge on any atom is 0.251 e. The van der Waals surface area contributed by atoms with Crippen LogP contribution in [0.25, 0.3) is 0 Å². The van der Waals surface area contributed by atoms with Crippen LogP contribution in [0.15, 0.2) is 24.3 Å². The summed E-state index contributed by atoms with van der Waals surface area (Å²) < 4.78 is 2.72. The van der Waals surface area contributed by atoms with Gasteiger partial charge in [-0.25, -0.2) is 4.13 Å². The van der Waals surface area contributed by atoms with E-state index in [1.54, 1.807) is 0 Å². The first kappa shape index (κ1) is 16.2. The van der Waals surface area contributed by atoms with Crippen molar-refractivity contribution < 1.29 is 4.79 Å². The fourth-order valence-electron chi connectivity index (χ4n) is 1.51. The third-order valence-corrected chi connectivity index (χ3v) is 3.49. The van der Waals surface area contributed by atoms with Crippen LogP contribution in [0.4, 0.5) is 5.69 Å². The number of thiol groups is 1. The molecule has 0 bridgehead atoms. The van der Waals surface area contributed by atoms with Gasteiger partial charge in [0.1, 0.15) is 0 Å². The molecule has 6 heteroatoms. The van der Waals surface area contributed by atoms with Crippen molar-refractivity contribution in [1.82, 2.24) is 9.44 Å². The topological polar surface area (TPSA) is 53.2 Å². The third kappa shape index (κ3) is 6.75. The van der Waals surface area contributed by atoms with Crippen LogP contribution in [-0.4, -0.2) is 24.7 Å². The number of rotatable bonds is 9. The van der Waals surface area contributed by atoms with E-state index in [4.69, 9.17) is 0 Å². The second-order valence-electron chi connectivity index (χ2n) is 4.05. The van der Waals surface area contributed by atoms with Crippen molar-refractivity contribution in [2.24, 2.45) is 0 Å². The van der Waals surface area contributed by atoms with E-state index in [9.17, 15) is 4.79 Å². The van der Waals surface area contributed by atoms with Gasteiger partial charge < -0.3 is 10.6 Å². The normalized spacial score (nSPS) is 10.2. The van der Waals surface area contributed by atoms with Crippen LogP contribution < -0.4 is 14.8 Å². The molecule has 0 saturated heterocycles. The van der Waals surface area contributed by atoms with Gasteiger partial charge >= 0.3 is 0 Å². The van der Waals surface area contributed by atoms with Crippen LogP contribution in [0.2, 0.25) is 0 Å². The van der Waals surface area contributed by atoms with Crippen molar-refractivity contribution in [3.05, 3.63) is 29.8 Å². The number of nitrogens with one attached hydrogen (secondary N) is 3. The molecule has 3 N–H and O–H groups in total. The molecule has 4 nitrogen and oxygen atoms in total. The number of hydrogen-bond acceptors (Lipinski definition) is 5. The lowest BCUT2D eigenvalue weighted by atomic mass is 10.2. The van der Waals surface area contributed by atoms with Gasteiger partial charge in [-0.1, -0.05) is 38.1 Å². The molecule has 0 heterocycles. The molecule has 0 radical (unpaired) electrons. The van der Waals surface area contributed by atoms with Gasteiger partial charge in [-0.2, -0.15) is 0 Å². The molecule has 0 saturated carbocycles. The largest absolute Gasteiger partial charge is 0.384 e. The zero-order chi connectivity index (χ0) is 13.9. The fraction of sp³-hybridized carbons (Fsp3) is 0.462. The van der Waals surface area contributed by atoms with E-state index in [1.807, 2.05) is 24.3 Å². The Morgan fingerprint density at radius 3 is 2.63 bits per heavy atom. The SMILES string of the molecule is CCCCNC(=O)c1ccc(NCCSNS)cc1. The number of benzene rings is 1. The summed E-state index contributed by atoms with van der Waals surface area (Å²) >= 11 is 5.43. The molecular formula is C13H21N3OS2. The number of amides is 1. The molecule has 0 unspecified atom stereocenters. The second-order valence-corrected chi connectivity index (χ2v) is 5.48. The van der Waals surface area contributed by atoms with Crippen molar-refractivity contribution in [2.45, 2.75) is 19.8 Å². The summed E-state index contributed by atoms with van der Waals surface area (Å²) in [6, 6.07) is 7.53. The van der Waals surface area contributed by atoms with Gasteiger partial charge in [0.05, 0.1) is 0 Å². The highest BCUT2D eigenvalue weighted by molar-refractivity contribution is 8.06. The summed E-state index contributed by atoms with van der Waals surface area (Å²) in [5, 5.41) is 6.17. The number of carbonyl (C=O) groups is 1. The van der Waals surface area contributed by atoms with E-state index in [0.717, 1.165) is 37.4 Å². The number of anilines is 1. The van der Waals surface area contributed by atoms with E-state index >= 15 is 0 Å². The summed E-state index contributed by atoms with van der Waals surface area (Å²) in [5.41, 5.74) is 1.72. The van der Waals surface area contributed by atoms with Crippen molar-refractivity contribution in [3.63, 3.8) is 0 Å². The van der Waals surface area contributed by atoms with Gasteiger partial charge in [0.2, 0.25) is 0 Å². The number of hydrogen-bond donors (Lipinski definition) is 4. The summed E-state index contributed by atoms with van der Waals surface area (Å²) in [6.45, 7) is 3.69. The smallest absolute Gasteiger partial charge is 0.251 e. The van der Waals surface area contributed by atoms with E-state index in [-0.39, 0.29) is 5.91 Å². The minimum atomic E-state index is -0.00479. The average molecular weight is 299 g/mol. The molecule has 1 amide bonds. The Kier molecular flexibility index (Phi) is 8.53. The third-order valence-electron chi connectivity index (χ3n) is 2.56. The molecule has 1 aromatic carbocycles. The Balaban J connectivity index is 2.36. The zero-order valence-electron chi connectivity index (χ0n) is 11.1. The zero-order valence-corrected chi connectivity index (χ0v) is 12.8. The van der Waals surface area contributed by atoms with Gasteiger partial charge in [-0.05, 0) is 30.7 Å². The Bertz CT molecular complexity index is 371. The quantitative estimate of drug-likeness (QED) is 0.322. The van der Waals surface area contributed by atoms with Gasteiger partial charge in [-0.15, -0.1) is 0 Å². The molecular weight excluding hydrogens is 278 g/mol. The van der Waals surface area contributed by atoms with Crippen molar-refractivity contribution in [3.8, 4) is 0 Å². The van der Waals surface area contributed by atoms with Crippen LogP contribution in [0.5, 0.6) is 0 Å². The molecule has 0 spiro atoms. The highest BCUT2D eigenvalue weighted by atomic mass is 32.2. The number of unbranched alkanes of at least 4 members (excludes halogenated alkanes) is 1. The first-order chi connectivity index (χ1) is 9.27. The van der Waals surface area contributed by atoms with E-state index in [0.29, 0.717) is 5.56 Å². The molecule has 0 aliphatic rings. The predicted octanol–water partition coefficient (Wildman–Crippen LogP) is 2.71. The standard InChI is InChI=1S/C13H21N3OS2/c1-2-3-8-15-13(17)11-4-6-12(7-5-11)14-9-10-19-16-18/h4-7,14,16,18H,2-3,8-10H2,1H3,(H,15,17). The van der Waals surface area contributed by atoms with Crippen LogP contribution in [-0.2, 0) is 0 Å². The molecule has 0 aromatic heterocycles. The maximum absolute atomic E-state index is 11.8. The van der Waals surface area contributed by atoms with Crippen LogP contribution in [0, 0.1) is 0 Å². The van der Waals surface area contributed by atoms with Gasteiger partial charge in [0, 0.05) is 30.1 Å². The summed E-state index contributed by atoms with van der Waals surface area (Å²) in [5.74, 6) is 0.915. The van der Waals surface area contributed by atoms with Crippen molar-refractivity contribution in [2.75, 3.05) is 24.2 Å². The first-order valence-corrected chi connectivity index (χ1v) is 7.84. The Labute approximate surface area is 124 Å². The maximum atomic E-state index is 11.8. The molecule has 0 aliphatic carbocycles. The van der Waals surface area contributed by atoms with E-state index in [1.165, 1.54) is 11.9 Å². The molecule has 1 rings (SSSR count). The molecule has 0 atom stereocenters. The van der Waals surface area contributed by atoms with Crippen LogP contribution in [0.3, 0.4) is 0 Å². The summed E-state index contributed by atoms with van der Waals surface area (Å²) in [7, 11) is 0. The summed E-state index contributed by atoms with van der Waals surface area (Å²) in [6.07, 6.45) is 2.10. The van der Waals surface area contributed by atoms with Crippen molar-refractivity contribution >= 4 is 36.4 Å². The highest BCUT2D eigenvalue weighted by Crippen LogP contribution is 2.09. The Morgan fingerprint density at radius 2 is 2.00 bits per heavy atom. The first-order valence-electron chi connectivity index (χ1n) is 6.41. The van der Waals surface area contributed by atoms with Gasteiger partial charge in [0.25, 0.3) is 5.91 Å². The number of carbonyl (C=O) groups excluding carboxylic acids is 1. The molecule has 1 aromatic rings. The minimum absolute atomic E-state index is 0.00479. The lowest BCUT2D eigenvalue weighted by molar-refractivity contribution is 0.0953. The fourth-order valence-corrected chi connectivity index (χ4v) is 2.08. The van der Waals surface area contributed by atoms with E-state index in [2.05, 4.69) is 34.5 Å². The predicted molar refractivity (Wildman–Crippen MR) is 86.8 cm³/mol. The monoisotopic (exact) mass is 299 g/mol. The van der Waals surface area contributed by atoms with Crippen LogP contribution >= 0.6 is 24.8 Å². The molecule has 0 fully saturated rings. The molecule has 106 valence electrons. The average Bonchev–Trinajstić information content (AvgIpc) is 2.44. The van der Waals surface area contributed by atoms with E-state index < -0.39 is 0 Å². The second kappa shape index (κ2) is 10.00. The lowest BCUT2D eigenvalue weighted by Crippen LogP contribution is -2.24. The highest BCUT2D eigenvalue weighted by Gasteiger charge is 2.03. The van der Waals surface area contributed by atoms with Crippen LogP contribution in [0.1, 0.15) is 30.1 Å². The Hall–Kier alpha value is -0.850. The summed E-state index contributed by atoms with van der Waals surface area (Å²) in [4.78, 5) is 11.8. The molecule has 19 heavy (non-hydrogen) atoms. The van der Waals surface area contributed by atoms with Gasteiger partial charge in [0.15, 0.2) is 0 Å². The minimum Gasteiger partial charge on any atom is -0.384 e. The molecule has 0 aliphatic heterocycles. The Morgan fingerprint density at radius 1 is 1.26 bits per heavy atom. The van der Waals surface area contributed by atoms with Crippen molar-refractivity contribution in [1.29, 1.82) is 0 Å². The lowest BCUT2D eigenvalue weighted by Gasteiger charge is -2.07. The van der Waals surface area contributed by atoms with Gasteiger partial charge in [-0.3, -0.25) is 4.79 Å².